The smallest absolute Gasteiger partial charge is 0.408 e. The summed E-state index contributed by atoms with van der Waals surface area (Å²) < 4.78 is 13.4. The van der Waals surface area contributed by atoms with Crippen LogP contribution in [0.5, 0.6) is 0 Å². The summed E-state index contributed by atoms with van der Waals surface area (Å²) in [6, 6.07) is 0. The number of nitrogens with one attached hydrogen (secondary N) is 2. The number of nitrogens with zero attached hydrogens (tertiary/aromatic N) is 2. The fraction of sp³-hybridized carbons (Fsp3) is 0.867. The first-order valence-electron chi connectivity index (χ1n) is 15.3. The van der Waals surface area contributed by atoms with Gasteiger partial charge >= 0.3 is 24.1 Å². The zero-order valence-electron chi connectivity index (χ0n) is 28.1. The van der Waals surface area contributed by atoms with Gasteiger partial charge in [-0.3, -0.25) is 14.9 Å². The summed E-state index contributed by atoms with van der Waals surface area (Å²) in [7, 11) is 0. The van der Waals surface area contributed by atoms with E-state index in [2.05, 4.69) is 10.6 Å². The number of carboxylic acid groups (broad SMARTS) is 2. The average Bonchev–Trinajstić information content (AvgIpc) is 2.79. The molecular formula is C30H54N4O10. The maximum Gasteiger partial charge on any atom is 0.408 e. The molecule has 14 nitrogen and oxygen atoms in total. The first-order valence-corrected chi connectivity index (χ1v) is 15.3. The lowest BCUT2D eigenvalue weighted by molar-refractivity contribution is -0.344. The Balaban J connectivity index is 2.41. The van der Waals surface area contributed by atoms with Crippen LogP contribution in [0, 0.1) is 0 Å². The van der Waals surface area contributed by atoms with Crippen LogP contribution in [-0.2, 0) is 28.7 Å². The Labute approximate surface area is 261 Å². The van der Waals surface area contributed by atoms with E-state index in [0.717, 1.165) is 0 Å². The SMILES string of the molecule is CC(=O)ON1C(C)(C)CC(OC(CCCCCNC(=O)O)(NC(=O)O)OC2CC(C)(C)N(OC(C)=O)C(C)(C)C2)CC1(C)C. The predicted octanol–water partition coefficient (Wildman–Crippen LogP) is 4.77. The summed E-state index contributed by atoms with van der Waals surface area (Å²) in [6.45, 7) is 18.5. The fourth-order valence-corrected chi connectivity index (χ4v) is 7.08. The van der Waals surface area contributed by atoms with Crippen molar-refractivity contribution in [1.82, 2.24) is 20.8 Å². The molecule has 0 aliphatic carbocycles. The molecule has 2 aliphatic heterocycles. The van der Waals surface area contributed by atoms with Crippen LogP contribution in [-0.4, -0.2) is 91.3 Å². The van der Waals surface area contributed by atoms with E-state index in [4.69, 9.17) is 24.3 Å². The van der Waals surface area contributed by atoms with Gasteiger partial charge in [0.2, 0.25) is 0 Å². The zero-order chi connectivity index (χ0) is 33.7. The lowest BCUT2D eigenvalue weighted by Gasteiger charge is -2.55. The summed E-state index contributed by atoms with van der Waals surface area (Å²) in [6.07, 6.45) is 0.101. The minimum atomic E-state index is -1.73. The normalized spacial score (nSPS) is 22.1. The van der Waals surface area contributed by atoms with Gasteiger partial charge in [-0.05, 0) is 93.9 Å². The number of unbranched alkanes of at least 4 members (excludes halogenated alkanes) is 2. The molecule has 2 amide bonds. The number of amides is 2. The van der Waals surface area contributed by atoms with Crippen molar-refractivity contribution in [2.24, 2.45) is 0 Å². The topological polar surface area (TPSA) is 176 Å². The van der Waals surface area contributed by atoms with Gasteiger partial charge in [-0.15, -0.1) is 10.1 Å². The first kappa shape index (κ1) is 37.5. The number of hydrogen-bond donors (Lipinski definition) is 4. The zero-order valence-corrected chi connectivity index (χ0v) is 28.1. The molecule has 0 bridgehead atoms. The Morgan fingerprint density at radius 2 is 1.07 bits per heavy atom. The van der Waals surface area contributed by atoms with E-state index in [1.807, 2.05) is 55.4 Å². The highest BCUT2D eigenvalue weighted by molar-refractivity contribution is 5.66. The second-order valence-electron chi connectivity index (χ2n) is 14.5. The largest absolute Gasteiger partial charge is 0.465 e. The van der Waals surface area contributed by atoms with E-state index in [1.165, 1.54) is 13.8 Å². The van der Waals surface area contributed by atoms with Crippen molar-refractivity contribution in [3.63, 3.8) is 0 Å². The molecule has 4 N–H and O–H groups in total. The van der Waals surface area contributed by atoms with E-state index in [-0.39, 0.29) is 13.0 Å². The third-order valence-electron chi connectivity index (χ3n) is 8.02. The van der Waals surface area contributed by atoms with E-state index < -0.39 is 64.4 Å². The van der Waals surface area contributed by atoms with E-state index in [9.17, 15) is 24.3 Å². The van der Waals surface area contributed by atoms with Crippen molar-refractivity contribution in [3.05, 3.63) is 0 Å². The van der Waals surface area contributed by atoms with Crippen LogP contribution in [0.15, 0.2) is 0 Å². The molecule has 0 saturated carbocycles. The van der Waals surface area contributed by atoms with Crippen LogP contribution in [0.25, 0.3) is 0 Å². The van der Waals surface area contributed by atoms with Gasteiger partial charge in [-0.25, -0.2) is 9.59 Å². The molecule has 14 heteroatoms. The predicted molar refractivity (Wildman–Crippen MR) is 160 cm³/mol. The standard InChI is InChI=1S/C30H54N4O10/c1-20(35)43-33-26(3,4)16-22(17-27(33,5)6)41-30(32-25(39)40,14-12-11-13-15-31-24(37)38)42-23-18-28(7,8)34(44-21(2)36)29(9,10)19-23/h22-23,31-32H,11-19H2,1-10H3,(H,37,38)(H,39,40). The van der Waals surface area contributed by atoms with Crippen LogP contribution in [0.3, 0.4) is 0 Å². The van der Waals surface area contributed by atoms with Gasteiger partial charge in [0.25, 0.3) is 5.91 Å². The van der Waals surface area contributed by atoms with Crippen molar-refractivity contribution in [2.75, 3.05) is 6.54 Å². The van der Waals surface area contributed by atoms with Gasteiger partial charge in [0.15, 0.2) is 0 Å². The molecule has 2 rings (SSSR count). The highest BCUT2D eigenvalue weighted by atomic mass is 16.7. The van der Waals surface area contributed by atoms with Crippen LogP contribution < -0.4 is 10.6 Å². The second-order valence-corrected chi connectivity index (χ2v) is 14.5. The maximum atomic E-state index is 12.3. The van der Waals surface area contributed by atoms with Gasteiger partial charge in [0.1, 0.15) is 0 Å². The van der Waals surface area contributed by atoms with Gasteiger partial charge in [-0.2, -0.15) is 0 Å². The molecule has 0 radical (unpaired) electrons. The summed E-state index contributed by atoms with van der Waals surface area (Å²) in [5, 5.41) is 27.2. The van der Waals surface area contributed by atoms with Crippen LogP contribution in [0.4, 0.5) is 9.59 Å². The molecule has 0 aromatic carbocycles. The number of hydroxylamine groups is 4. The Bertz CT molecular complexity index is 951. The lowest BCUT2D eigenvalue weighted by Crippen LogP contribution is -2.66. The molecule has 0 aromatic rings. The minimum absolute atomic E-state index is 0.169. The molecule has 0 atom stereocenters. The second kappa shape index (κ2) is 14.2. The van der Waals surface area contributed by atoms with Gasteiger partial charge in [-0.1, -0.05) is 6.42 Å². The molecule has 0 aromatic heterocycles. The van der Waals surface area contributed by atoms with Crippen molar-refractivity contribution < 1.29 is 48.5 Å². The molecule has 2 aliphatic rings. The van der Waals surface area contributed by atoms with Gasteiger partial charge in [0.05, 0.1) is 34.4 Å². The highest BCUT2D eigenvalue weighted by Crippen LogP contribution is 2.44. The van der Waals surface area contributed by atoms with Crippen molar-refractivity contribution in [3.8, 4) is 0 Å². The van der Waals surface area contributed by atoms with Crippen molar-refractivity contribution >= 4 is 24.1 Å². The van der Waals surface area contributed by atoms with E-state index in [1.54, 1.807) is 10.1 Å². The van der Waals surface area contributed by atoms with E-state index >= 15 is 0 Å². The molecule has 2 saturated heterocycles. The summed E-state index contributed by atoms with van der Waals surface area (Å²) in [5.74, 6) is -2.59. The summed E-state index contributed by atoms with van der Waals surface area (Å²) in [5.41, 5.74) is -2.58. The Hall–Kier alpha value is -2.68. The van der Waals surface area contributed by atoms with Gasteiger partial charge < -0.3 is 34.7 Å². The molecule has 0 unspecified atom stereocenters. The van der Waals surface area contributed by atoms with E-state index in [0.29, 0.717) is 44.9 Å². The van der Waals surface area contributed by atoms with Gasteiger partial charge in [0, 0.05) is 26.8 Å². The molecular weight excluding hydrogens is 576 g/mol. The number of carbonyl (C=O) groups excluding carboxylic acids is 2. The average molecular weight is 631 g/mol. The highest BCUT2D eigenvalue weighted by Gasteiger charge is 2.53. The monoisotopic (exact) mass is 630 g/mol. The van der Waals surface area contributed by atoms with Crippen molar-refractivity contribution in [1.29, 1.82) is 0 Å². The lowest BCUT2D eigenvalue weighted by atomic mass is 9.80. The molecule has 0 spiro atoms. The Morgan fingerprint density at radius 3 is 1.39 bits per heavy atom. The van der Waals surface area contributed by atoms with Crippen LogP contribution >= 0.6 is 0 Å². The Morgan fingerprint density at radius 1 is 0.682 bits per heavy atom. The van der Waals surface area contributed by atoms with Crippen LogP contribution in [0.2, 0.25) is 0 Å². The quantitative estimate of drug-likeness (QED) is 0.162. The summed E-state index contributed by atoms with van der Waals surface area (Å²) >= 11 is 0. The molecule has 2 fully saturated rings. The fourth-order valence-electron chi connectivity index (χ4n) is 7.08. The molecule has 44 heavy (non-hydrogen) atoms. The third kappa shape index (κ3) is 10.5. The molecule has 2 heterocycles. The number of piperidine rings is 2. The number of carbonyl (C=O) groups is 4. The number of ether oxygens (including phenoxy) is 2. The number of hydrogen-bond acceptors (Lipinski definition) is 10. The van der Waals surface area contributed by atoms with Crippen molar-refractivity contribution in [2.45, 2.75) is 161 Å². The first-order chi connectivity index (χ1) is 20.0. The Kier molecular flexibility index (Phi) is 12.1. The molecule has 254 valence electrons. The van der Waals surface area contributed by atoms with Crippen LogP contribution in [0.1, 0.15) is 121 Å². The summed E-state index contributed by atoms with van der Waals surface area (Å²) in [4.78, 5) is 58.1. The third-order valence-corrected chi connectivity index (χ3v) is 8.02. The maximum absolute atomic E-state index is 12.3. The number of rotatable bonds is 13. The minimum Gasteiger partial charge on any atom is -0.465 e.